The predicted molar refractivity (Wildman–Crippen MR) is 137 cm³/mol. The second-order valence-corrected chi connectivity index (χ2v) is 9.75. The summed E-state index contributed by atoms with van der Waals surface area (Å²) in [4.78, 5) is 44.8. The number of carbonyl (C=O) groups excluding carboxylic acids is 3. The maximum absolute atomic E-state index is 13.3. The standard InChI is InChI=1S/C27H38N4O6/c1-5-37-26(33)23-22(17-30-10-12-31(13-11-30)25(32)18-8-6-7-9-18)29(2)27(34)28-24(23)19-14-20(35-3)16-21(15-19)36-4/h14-16,18,24H,5-13,17H2,1-4H3,(H,28,34). The Labute approximate surface area is 218 Å². The van der Waals surface area contributed by atoms with E-state index >= 15 is 0 Å². The molecular weight excluding hydrogens is 476 g/mol. The number of nitrogens with one attached hydrogen (secondary N) is 1. The lowest BCUT2D eigenvalue weighted by Crippen LogP contribution is -2.53. The molecule has 1 N–H and O–H groups in total. The topological polar surface area (TPSA) is 101 Å². The largest absolute Gasteiger partial charge is 0.497 e. The highest BCUT2D eigenvalue weighted by atomic mass is 16.5. The third-order valence-corrected chi connectivity index (χ3v) is 7.54. The van der Waals surface area contributed by atoms with Gasteiger partial charge in [-0.15, -0.1) is 0 Å². The van der Waals surface area contributed by atoms with Crippen molar-refractivity contribution in [1.82, 2.24) is 20.0 Å². The highest BCUT2D eigenvalue weighted by Gasteiger charge is 2.38. The van der Waals surface area contributed by atoms with Gasteiger partial charge in [-0.25, -0.2) is 9.59 Å². The smallest absolute Gasteiger partial charge is 0.338 e. The molecule has 1 atom stereocenters. The molecule has 1 aromatic rings. The van der Waals surface area contributed by atoms with Crippen LogP contribution < -0.4 is 14.8 Å². The number of likely N-dealkylation sites (N-methyl/N-ethyl adjacent to an activating group) is 1. The van der Waals surface area contributed by atoms with Crippen LogP contribution in [-0.4, -0.2) is 93.2 Å². The Hall–Kier alpha value is -3.27. The van der Waals surface area contributed by atoms with Gasteiger partial charge in [0.1, 0.15) is 11.5 Å². The third-order valence-electron chi connectivity index (χ3n) is 7.54. The molecular formula is C27H38N4O6. The van der Waals surface area contributed by atoms with Crippen molar-refractivity contribution in [1.29, 1.82) is 0 Å². The van der Waals surface area contributed by atoms with Gasteiger partial charge in [0.25, 0.3) is 0 Å². The van der Waals surface area contributed by atoms with Gasteiger partial charge in [0, 0.05) is 57.5 Å². The molecule has 202 valence electrons. The molecule has 0 aromatic heterocycles. The molecule has 3 amide bonds. The second-order valence-electron chi connectivity index (χ2n) is 9.75. The van der Waals surface area contributed by atoms with Crippen molar-refractivity contribution >= 4 is 17.9 Å². The quantitative estimate of drug-likeness (QED) is 0.532. The van der Waals surface area contributed by atoms with Crippen LogP contribution in [0.1, 0.15) is 44.2 Å². The van der Waals surface area contributed by atoms with Crippen molar-refractivity contribution in [2.45, 2.75) is 38.6 Å². The van der Waals surface area contributed by atoms with Crippen LogP contribution in [0, 0.1) is 5.92 Å². The summed E-state index contributed by atoms with van der Waals surface area (Å²) in [5.74, 6) is 1.06. The lowest BCUT2D eigenvalue weighted by atomic mass is 9.93. The van der Waals surface area contributed by atoms with Crippen LogP contribution in [0.2, 0.25) is 0 Å². The number of benzene rings is 1. The molecule has 2 fully saturated rings. The number of urea groups is 1. The number of nitrogens with zero attached hydrogens (tertiary/aromatic N) is 3. The molecule has 0 radical (unpaired) electrons. The number of amides is 3. The van der Waals surface area contributed by atoms with E-state index in [9.17, 15) is 14.4 Å². The summed E-state index contributed by atoms with van der Waals surface area (Å²) in [5, 5.41) is 2.94. The summed E-state index contributed by atoms with van der Waals surface area (Å²) in [6.45, 7) is 4.99. The van der Waals surface area contributed by atoms with Crippen molar-refractivity contribution in [3.05, 3.63) is 35.0 Å². The Kier molecular flexibility index (Phi) is 8.58. The van der Waals surface area contributed by atoms with Gasteiger partial charge < -0.3 is 24.4 Å². The van der Waals surface area contributed by atoms with E-state index < -0.39 is 12.0 Å². The van der Waals surface area contributed by atoms with Gasteiger partial charge in [0.15, 0.2) is 0 Å². The first-order valence-corrected chi connectivity index (χ1v) is 13.0. The fraction of sp³-hybridized carbons (Fsp3) is 0.593. The molecule has 37 heavy (non-hydrogen) atoms. The maximum atomic E-state index is 13.3. The molecule has 0 bridgehead atoms. The fourth-order valence-corrected chi connectivity index (χ4v) is 5.41. The SMILES string of the molecule is CCOC(=O)C1=C(CN2CCN(C(=O)C3CCCC3)CC2)N(C)C(=O)NC1c1cc(OC)cc(OC)c1. The molecule has 10 heteroatoms. The third kappa shape index (κ3) is 5.84. The minimum Gasteiger partial charge on any atom is -0.497 e. The normalized spacial score (nSPS) is 21.2. The van der Waals surface area contributed by atoms with Gasteiger partial charge in [0.2, 0.25) is 5.91 Å². The summed E-state index contributed by atoms with van der Waals surface area (Å²) < 4.78 is 16.3. The van der Waals surface area contributed by atoms with Crippen molar-refractivity contribution < 1.29 is 28.6 Å². The van der Waals surface area contributed by atoms with Crippen LogP contribution in [-0.2, 0) is 14.3 Å². The van der Waals surface area contributed by atoms with Crippen molar-refractivity contribution in [2.24, 2.45) is 5.92 Å². The molecule has 1 saturated carbocycles. The van der Waals surface area contributed by atoms with Crippen LogP contribution in [0.15, 0.2) is 29.5 Å². The number of ether oxygens (including phenoxy) is 3. The molecule has 1 unspecified atom stereocenters. The monoisotopic (exact) mass is 514 g/mol. The Balaban J connectivity index is 1.61. The predicted octanol–water partition coefficient (Wildman–Crippen LogP) is 2.55. The minimum absolute atomic E-state index is 0.165. The summed E-state index contributed by atoms with van der Waals surface area (Å²) in [7, 11) is 4.76. The molecule has 2 aliphatic heterocycles. The first-order chi connectivity index (χ1) is 17.9. The van der Waals surface area contributed by atoms with Gasteiger partial charge in [0.05, 0.1) is 32.4 Å². The average molecular weight is 515 g/mol. The van der Waals surface area contributed by atoms with E-state index in [0.29, 0.717) is 61.1 Å². The van der Waals surface area contributed by atoms with Crippen molar-refractivity contribution in [3.63, 3.8) is 0 Å². The average Bonchev–Trinajstić information content (AvgIpc) is 3.46. The molecule has 2 heterocycles. The van der Waals surface area contributed by atoms with Crippen molar-refractivity contribution in [2.75, 3.05) is 60.6 Å². The molecule has 10 nitrogen and oxygen atoms in total. The van der Waals surface area contributed by atoms with Crippen molar-refractivity contribution in [3.8, 4) is 11.5 Å². The number of hydrogen-bond donors (Lipinski definition) is 1. The zero-order valence-corrected chi connectivity index (χ0v) is 22.2. The van der Waals surface area contributed by atoms with Gasteiger partial charge >= 0.3 is 12.0 Å². The maximum Gasteiger partial charge on any atom is 0.338 e. The highest BCUT2D eigenvalue weighted by molar-refractivity contribution is 5.95. The lowest BCUT2D eigenvalue weighted by molar-refractivity contribution is -0.139. The Morgan fingerprint density at radius 2 is 1.62 bits per heavy atom. The zero-order valence-electron chi connectivity index (χ0n) is 22.2. The van der Waals surface area contributed by atoms with Crippen LogP contribution >= 0.6 is 0 Å². The highest BCUT2D eigenvalue weighted by Crippen LogP contribution is 2.35. The number of methoxy groups -OCH3 is 2. The number of piperazine rings is 1. The van der Waals surface area contributed by atoms with Gasteiger partial charge in [-0.2, -0.15) is 0 Å². The second kappa shape index (κ2) is 11.9. The van der Waals surface area contributed by atoms with E-state index in [1.54, 1.807) is 46.4 Å². The summed E-state index contributed by atoms with van der Waals surface area (Å²) in [6, 6.07) is 4.25. The Morgan fingerprint density at radius 1 is 1.00 bits per heavy atom. The summed E-state index contributed by atoms with van der Waals surface area (Å²) in [5.41, 5.74) is 1.62. The van der Waals surface area contributed by atoms with Gasteiger partial charge in [-0.05, 0) is 37.5 Å². The van der Waals surface area contributed by atoms with Crippen LogP contribution in [0.25, 0.3) is 0 Å². The number of hydrogen-bond acceptors (Lipinski definition) is 7. The molecule has 1 aromatic carbocycles. The summed E-state index contributed by atoms with van der Waals surface area (Å²) in [6.07, 6.45) is 4.25. The van der Waals surface area contributed by atoms with Crippen LogP contribution in [0.3, 0.4) is 0 Å². The van der Waals surface area contributed by atoms with E-state index in [2.05, 4.69) is 10.2 Å². The minimum atomic E-state index is -0.730. The van der Waals surface area contributed by atoms with Crippen LogP contribution in [0.5, 0.6) is 11.5 Å². The summed E-state index contributed by atoms with van der Waals surface area (Å²) >= 11 is 0. The molecule has 3 aliphatic rings. The first-order valence-electron chi connectivity index (χ1n) is 13.0. The number of rotatable bonds is 8. The van der Waals surface area contributed by atoms with E-state index in [-0.39, 0.29) is 24.5 Å². The van der Waals surface area contributed by atoms with E-state index in [0.717, 1.165) is 25.7 Å². The Bertz CT molecular complexity index is 1020. The first kappa shape index (κ1) is 26.8. The van der Waals surface area contributed by atoms with E-state index in [4.69, 9.17) is 14.2 Å². The zero-order chi connectivity index (χ0) is 26.5. The van der Waals surface area contributed by atoms with Gasteiger partial charge in [-0.1, -0.05) is 12.8 Å². The number of carbonyl (C=O) groups is 3. The number of esters is 1. The lowest BCUT2D eigenvalue weighted by Gasteiger charge is -2.40. The van der Waals surface area contributed by atoms with E-state index in [1.807, 2.05) is 4.90 Å². The molecule has 1 saturated heterocycles. The Morgan fingerprint density at radius 3 is 2.19 bits per heavy atom. The molecule has 1 aliphatic carbocycles. The van der Waals surface area contributed by atoms with Gasteiger partial charge in [-0.3, -0.25) is 14.6 Å². The molecule has 0 spiro atoms. The van der Waals surface area contributed by atoms with Crippen LogP contribution in [0.4, 0.5) is 4.79 Å². The molecule has 4 rings (SSSR count). The fourth-order valence-electron chi connectivity index (χ4n) is 5.41. The van der Waals surface area contributed by atoms with E-state index in [1.165, 1.54) is 4.90 Å².